The van der Waals surface area contributed by atoms with E-state index in [4.69, 9.17) is 28.9 Å². The molecule has 0 saturated heterocycles. The third-order valence-corrected chi connectivity index (χ3v) is 4.11. The Labute approximate surface area is 150 Å². The summed E-state index contributed by atoms with van der Waals surface area (Å²) in [5, 5.41) is 5.15. The molecule has 5 N–H and O–H groups in total. The molecule has 0 fully saturated rings. The maximum Gasteiger partial charge on any atom is 0.319 e. The Morgan fingerprint density at radius 2 is 1.83 bits per heavy atom. The molecular weight excluding hydrogens is 349 g/mol. The summed E-state index contributed by atoms with van der Waals surface area (Å²) < 4.78 is 0. The molecular formula is C17H18Cl2N3O2+. The molecule has 0 saturated carbocycles. The quantitative estimate of drug-likeness (QED) is 0.730. The van der Waals surface area contributed by atoms with Crippen LogP contribution >= 0.6 is 23.2 Å². The molecule has 5 nitrogen and oxygen atoms in total. The van der Waals surface area contributed by atoms with Crippen molar-refractivity contribution in [1.82, 2.24) is 5.32 Å². The predicted molar refractivity (Wildman–Crippen MR) is 93.9 cm³/mol. The van der Waals surface area contributed by atoms with Crippen molar-refractivity contribution in [1.29, 1.82) is 0 Å². The van der Waals surface area contributed by atoms with E-state index in [1.165, 1.54) is 0 Å². The highest BCUT2D eigenvalue weighted by molar-refractivity contribution is 6.35. The van der Waals surface area contributed by atoms with Crippen LogP contribution in [0.25, 0.3) is 0 Å². The number of primary amides is 1. The lowest BCUT2D eigenvalue weighted by atomic mass is 10.1. The first-order chi connectivity index (χ1) is 11.5. The third kappa shape index (κ3) is 5.23. The highest BCUT2D eigenvalue weighted by Gasteiger charge is 2.24. The Balaban J connectivity index is 2.05. The van der Waals surface area contributed by atoms with Crippen molar-refractivity contribution in [2.45, 2.75) is 12.5 Å². The summed E-state index contributed by atoms with van der Waals surface area (Å²) in [7, 11) is 0. The molecule has 2 aromatic carbocycles. The molecule has 24 heavy (non-hydrogen) atoms. The first-order valence-corrected chi connectivity index (χ1v) is 8.15. The zero-order chi connectivity index (χ0) is 17.5. The molecule has 126 valence electrons. The summed E-state index contributed by atoms with van der Waals surface area (Å²) >= 11 is 12.0. The van der Waals surface area contributed by atoms with Crippen LogP contribution in [0.3, 0.4) is 0 Å². The lowest BCUT2D eigenvalue weighted by Gasteiger charge is -2.15. The van der Waals surface area contributed by atoms with Crippen LogP contribution in [0.15, 0.2) is 48.5 Å². The molecule has 0 heterocycles. The minimum atomic E-state index is -0.866. The van der Waals surface area contributed by atoms with Crippen LogP contribution in [-0.4, -0.2) is 18.5 Å². The summed E-state index contributed by atoms with van der Waals surface area (Å²) in [5.74, 6) is -0.448. The van der Waals surface area contributed by atoms with Gasteiger partial charge in [-0.2, -0.15) is 0 Å². The molecule has 1 atom stereocenters. The monoisotopic (exact) mass is 366 g/mol. The van der Waals surface area contributed by atoms with Crippen LogP contribution in [0.1, 0.15) is 17.2 Å². The van der Waals surface area contributed by atoms with E-state index in [0.29, 0.717) is 23.0 Å². The number of urea groups is 1. The van der Waals surface area contributed by atoms with E-state index in [1.807, 2.05) is 41.7 Å². The molecule has 7 heteroatoms. The molecule has 0 aromatic heterocycles. The van der Waals surface area contributed by atoms with Gasteiger partial charge in [0, 0.05) is 22.0 Å². The number of quaternary nitrogens is 1. The Kier molecular flexibility index (Phi) is 6.61. The maximum atomic E-state index is 12.2. The van der Waals surface area contributed by atoms with Gasteiger partial charge in [-0.15, -0.1) is 0 Å². The zero-order valence-electron chi connectivity index (χ0n) is 12.8. The van der Waals surface area contributed by atoms with Crippen LogP contribution in [0.5, 0.6) is 0 Å². The predicted octanol–water partition coefficient (Wildman–Crippen LogP) is 2.04. The third-order valence-electron chi connectivity index (χ3n) is 3.52. The van der Waals surface area contributed by atoms with Crippen LogP contribution in [0, 0.1) is 0 Å². The average molecular weight is 367 g/mol. The SMILES string of the molecule is NC(=O)NC(=O)[C@H]([NH2+]CCc1ccc(Cl)cc1Cl)c1ccccc1. The second kappa shape index (κ2) is 8.68. The van der Waals surface area contributed by atoms with Gasteiger partial charge in [0.2, 0.25) is 0 Å². The summed E-state index contributed by atoms with van der Waals surface area (Å²) in [6, 6.07) is 13.1. The minimum absolute atomic E-state index is 0.448. The van der Waals surface area contributed by atoms with E-state index < -0.39 is 18.0 Å². The summed E-state index contributed by atoms with van der Waals surface area (Å²) in [5.41, 5.74) is 6.78. The van der Waals surface area contributed by atoms with Crippen molar-refractivity contribution in [2.24, 2.45) is 5.73 Å². The molecule has 0 aliphatic rings. The van der Waals surface area contributed by atoms with Crippen molar-refractivity contribution in [3.8, 4) is 0 Å². The van der Waals surface area contributed by atoms with E-state index >= 15 is 0 Å². The summed E-state index contributed by atoms with van der Waals surface area (Å²) in [6.45, 7) is 0.604. The van der Waals surface area contributed by atoms with Gasteiger partial charge in [-0.3, -0.25) is 10.1 Å². The van der Waals surface area contributed by atoms with E-state index in [2.05, 4.69) is 5.32 Å². The molecule has 0 bridgehead atoms. The van der Waals surface area contributed by atoms with Gasteiger partial charge < -0.3 is 11.1 Å². The molecule has 3 amide bonds. The second-order valence-electron chi connectivity index (χ2n) is 5.25. The molecule has 0 aliphatic heterocycles. The number of nitrogens with two attached hydrogens (primary N) is 2. The lowest BCUT2D eigenvalue weighted by molar-refractivity contribution is -0.682. The number of hydrogen-bond acceptors (Lipinski definition) is 2. The highest BCUT2D eigenvalue weighted by atomic mass is 35.5. The number of benzene rings is 2. The molecule has 2 aromatic rings. The number of carbonyl (C=O) groups excluding carboxylic acids is 2. The van der Waals surface area contributed by atoms with E-state index in [1.54, 1.807) is 12.1 Å². The van der Waals surface area contributed by atoms with Gasteiger partial charge in [0.1, 0.15) is 0 Å². The van der Waals surface area contributed by atoms with Gasteiger partial charge in [-0.05, 0) is 17.7 Å². The first kappa shape index (κ1) is 18.3. The van der Waals surface area contributed by atoms with Gasteiger partial charge in [0.25, 0.3) is 5.91 Å². The number of carbonyl (C=O) groups is 2. The fourth-order valence-electron chi connectivity index (χ4n) is 2.38. The molecule has 0 radical (unpaired) electrons. The minimum Gasteiger partial charge on any atom is -0.351 e. The summed E-state index contributed by atoms with van der Waals surface area (Å²) in [4.78, 5) is 23.2. The number of imide groups is 1. The number of amides is 3. The van der Waals surface area contributed by atoms with E-state index in [-0.39, 0.29) is 0 Å². The van der Waals surface area contributed by atoms with Crippen molar-refractivity contribution >= 4 is 35.1 Å². The zero-order valence-corrected chi connectivity index (χ0v) is 14.3. The fraction of sp³-hybridized carbons (Fsp3) is 0.176. The average Bonchev–Trinajstić information content (AvgIpc) is 2.53. The Bertz CT molecular complexity index is 723. The van der Waals surface area contributed by atoms with E-state index in [0.717, 1.165) is 11.1 Å². The normalized spacial score (nSPS) is 11.8. The number of halogens is 2. The topological polar surface area (TPSA) is 88.8 Å². The molecule has 0 unspecified atom stereocenters. The molecule has 2 rings (SSSR count). The smallest absolute Gasteiger partial charge is 0.319 e. The molecule has 0 aliphatic carbocycles. The van der Waals surface area contributed by atoms with Crippen molar-refractivity contribution in [2.75, 3.05) is 6.54 Å². The fourth-order valence-corrected chi connectivity index (χ4v) is 2.89. The van der Waals surface area contributed by atoms with Crippen LogP contribution in [0.2, 0.25) is 10.0 Å². The van der Waals surface area contributed by atoms with Gasteiger partial charge >= 0.3 is 6.03 Å². The lowest BCUT2D eigenvalue weighted by Crippen LogP contribution is -2.88. The number of rotatable bonds is 6. The highest BCUT2D eigenvalue weighted by Crippen LogP contribution is 2.21. The van der Waals surface area contributed by atoms with Crippen LogP contribution in [0.4, 0.5) is 4.79 Å². The van der Waals surface area contributed by atoms with Crippen LogP contribution in [-0.2, 0) is 11.2 Å². The largest absolute Gasteiger partial charge is 0.351 e. The van der Waals surface area contributed by atoms with Gasteiger partial charge in [-0.25, -0.2) is 4.79 Å². The maximum absolute atomic E-state index is 12.2. The van der Waals surface area contributed by atoms with Crippen LogP contribution < -0.4 is 16.4 Å². The van der Waals surface area contributed by atoms with Crippen molar-refractivity contribution in [3.05, 3.63) is 69.7 Å². The van der Waals surface area contributed by atoms with Gasteiger partial charge in [-0.1, -0.05) is 59.6 Å². The van der Waals surface area contributed by atoms with Gasteiger partial charge in [0.15, 0.2) is 6.04 Å². The number of nitrogens with one attached hydrogen (secondary N) is 1. The standard InChI is InChI=1S/C17H17Cl2N3O2/c18-13-7-6-11(14(19)10-13)8-9-21-15(16(23)22-17(20)24)12-4-2-1-3-5-12/h1-7,10,15,21H,8-9H2,(H3,20,22,23,24)/p+1/t15-/m1/s1. The molecule has 0 spiro atoms. The first-order valence-electron chi connectivity index (χ1n) is 7.40. The van der Waals surface area contributed by atoms with Gasteiger partial charge in [0.05, 0.1) is 6.54 Å². The Hall–Kier alpha value is -2.08. The van der Waals surface area contributed by atoms with Crippen molar-refractivity contribution in [3.63, 3.8) is 0 Å². The van der Waals surface area contributed by atoms with Crippen molar-refractivity contribution < 1.29 is 14.9 Å². The second-order valence-corrected chi connectivity index (χ2v) is 6.10. The Morgan fingerprint density at radius 3 is 2.46 bits per heavy atom. The van der Waals surface area contributed by atoms with E-state index in [9.17, 15) is 9.59 Å². The summed E-state index contributed by atoms with van der Waals surface area (Å²) in [6.07, 6.45) is 0.656. The Morgan fingerprint density at radius 1 is 1.12 bits per heavy atom. The number of hydrogen-bond donors (Lipinski definition) is 3.